The van der Waals surface area contributed by atoms with E-state index >= 15 is 0 Å². The van der Waals surface area contributed by atoms with Gasteiger partial charge in [-0.3, -0.25) is 0 Å². The summed E-state index contributed by atoms with van der Waals surface area (Å²) < 4.78 is 27.3. The van der Waals surface area contributed by atoms with Gasteiger partial charge in [-0.15, -0.1) is 0 Å². The monoisotopic (exact) mass is 270 g/mol. The standard InChI is InChI=1S/C13H22N2O2S/c1-10(2)11(3)15-18(16,17)13-8-6-5-7-12(13)9-14-4/h5-8,10-11,14-15H,9H2,1-4H3. The topological polar surface area (TPSA) is 58.2 Å². The van der Waals surface area contributed by atoms with Gasteiger partial charge in [0.1, 0.15) is 0 Å². The van der Waals surface area contributed by atoms with Crippen LogP contribution in [0.1, 0.15) is 26.3 Å². The fourth-order valence-electron chi connectivity index (χ4n) is 1.55. The van der Waals surface area contributed by atoms with E-state index in [9.17, 15) is 8.42 Å². The van der Waals surface area contributed by atoms with Crippen molar-refractivity contribution in [3.63, 3.8) is 0 Å². The van der Waals surface area contributed by atoms with E-state index in [0.29, 0.717) is 11.4 Å². The van der Waals surface area contributed by atoms with Gasteiger partial charge in [0.15, 0.2) is 0 Å². The average Bonchev–Trinajstić information content (AvgIpc) is 2.29. The Labute approximate surface area is 110 Å². The summed E-state index contributed by atoms with van der Waals surface area (Å²) in [5, 5.41) is 2.98. The van der Waals surface area contributed by atoms with Crippen molar-refractivity contribution in [2.24, 2.45) is 5.92 Å². The maximum Gasteiger partial charge on any atom is 0.241 e. The number of sulfonamides is 1. The van der Waals surface area contributed by atoms with E-state index in [1.54, 1.807) is 19.2 Å². The zero-order chi connectivity index (χ0) is 13.8. The molecule has 18 heavy (non-hydrogen) atoms. The molecule has 0 aromatic heterocycles. The Balaban J connectivity index is 3.05. The molecule has 0 amide bonds. The lowest BCUT2D eigenvalue weighted by Crippen LogP contribution is -2.36. The van der Waals surface area contributed by atoms with Gasteiger partial charge >= 0.3 is 0 Å². The van der Waals surface area contributed by atoms with Crippen LogP contribution in [0.15, 0.2) is 29.2 Å². The van der Waals surface area contributed by atoms with Gasteiger partial charge in [0.2, 0.25) is 10.0 Å². The van der Waals surface area contributed by atoms with Gasteiger partial charge in [-0.2, -0.15) is 0 Å². The van der Waals surface area contributed by atoms with Crippen molar-refractivity contribution in [2.45, 2.75) is 38.3 Å². The van der Waals surface area contributed by atoms with Crippen molar-refractivity contribution in [1.29, 1.82) is 0 Å². The van der Waals surface area contributed by atoms with Crippen molar-refractivity contribution in [2.75, 3.05) is 7.05 Å². The molecule has 0 saturated carbocycles. The highest BCUT2D eigenvalue weighted by atomic mass is 32.2. The third-order valence-electron chi connectivity index (χ3n) is 2.97. The van der Waals surface area contributed by atoms with Crippen molar-refractivity contribution >= 4 is 10.0 Å². The van der Waals surface area contributed by atoms with Crippen LogP contribution in [-0.2, 0) is 16.6 Å². The highest BCUT2D eigenvalue weighted by Crippen LogP contribution is 2.16. The summed E-state index contributed by atoms with van der Waals surface area (Å²) in [6, 6.07) is 6.97. The summed E-state index contributed by atoms with van der Waals surface area (Å²) in [6.07, 6.45) is 0. The quantitative estimate of drug-likeness (QED) is 0.827. The first-order valence-corrected chi connectivity index (χ1v) is 7.61. The van der Waals surface area contributed by atoms with E-state index in [2.05, 4.69) is 10.0 Å². The van der Waals surface area contributed by atoms with Crippen LogP contribution in [0.3, 0.4) is 0 Å². The Bertz CT molecular complexity index is 484. The molecule has 5 heteroatoms. The van der Waals surface area contributed by atoms with Gasteiger partial charge < -0.3 is 5.32 Å². The third kappa shape index (κ3) is 3.80. The van der Waals surface area contributed by atoms with Gasteiger partial charge in [-0.25, -0.2) is 13.1 Å². The predicted molar refractivity (Wildman–Crippen MR) is 73.8 cm³/mol. The summed E-state index contributed by atoms with van der Waals surface area (Å²) in [7, 11) is -1.65. The second kappa shape index (κ2) is 6.31. The largest absolute Gasteiger partial charge is 0.316 e. The fourth-order valence-corrected chi connectivity index (χ4v) is 3.18. The highest BCUT2D eigenvalue weighted by molar-refractivity contribution is 7.89. The van der Waals surface area contributed by atoms with Crippen LogP contribution in [0, 0.1) is 5.92 Å². The van der Waals surface area contributed by atoms with Crippen molar-refractivity contribution in [3.05, 3.63) is 29.8 Å². The zero-order valence-corrected chi connectivity index (χ0v) is 12.2. The molecule has 1 atom stereocenters. The van der Waals surface area contributed by atoms with E-state index in [-0.39, 0.29) is 12.0 Å². The van der Waals surface area contributed by atoms with E-state index in [1.807, 2.05) is 32.9 Å². The molecule has 0 aliphatic carbocycles. The number of hydrogen-bond donors (Lipinski definition) is 2. The Hall–Kier alpha value is -0.910. The number of rotatable bonds is 6. The molecule has 102 valence electrons. The summed E-state index contributed by atoms with van der Waals surface area (Å²) in [5.41, 5.74) is 0.781. The first-order valence-electron chi connectivity index (χ1n) is 6.13. The maximum absolute atomic E-state index is 12.3. The second-order valence-electron chi connectivity index (χ2n) is 4.79. The molecule has 1 unspecified atom stereocenters. The number of benzene rings is 1. The van der Waals surface area contributed by atoms with Crippen LogP contribution in [0.4, 0.5) is 0 Å². The zero-order valence-electron chi connectivity index (χ0n) is 11.4. The predicted octanol–water partition coefficient (Wildman–Crippen LogP) is 1.73. The smallest absolute Gasteiger partial charge is 0.241 e. The van der Waals surface area contributed by atoms with Gasteiger partial charge in [0.25, 0.3) is 0 Å². The van der Waals surface area contributed by atoms with Gasteiger partial charge in [0, 0.05) is 12.6 Å². The minimum absolute atomic E-state index is 0.0855. The first kappa shape index (κ1) is 15.1. The first-order chi connectivity index (χ1) is 8.38. The number of nitrogens with one attached hydrogen (secondary N) is 2. The van der Waals surface area contributed by atoms with E-state index in [4.69, 9.17) is 0 Å². The Kier molecular flexibility index (Phi) is 5.31. The van der Waals surface area contributed by atoms with Crippen LogP contribution >= 0.6 is 0 Å². The summed E-state index contributed by atoms with van der Waals surface area (Å²) in [4.78, 5) is 0.354. The number of hydrogen-bond acceptors (Lipinski definition) is 3. The molecular formula is C13H22N2O2S. The molecule has 0 fully saturated rings. The lowest BCUT2D eigenvalue weighted by Gasteiger charge is -2.19. The van der Waals surface area contributed by atoms with Gasteiger partial charge in [0.05, 0.1) is 4.90 Å². The van der Waals surface area contributed by atoms with Crippen molar-refractivity contribution < 1.29 is 8.42 Å². The van der Waals surface area contributed by atoms with E-state index in [1.165, 1.54) is 0 Å². The third-order valence-corrected chi connectivity index (χ3v) is 4.63. The minimum atomic E-state index is -3.45. The molecule has 0 bridgehead atoms. The molecule has 1 aromatic carbocycles. The normalized spacial score (nSPS) is 13.8. The minimum Gasteiger partial charge on any atom is -0.316 e. The molecule has 0 saturated heterocycles. The van der Waals surface area contributed by atoms with Crippen LogP contribution in [0.25, 0.3) is 0 Å². The van der Waals surface area contributed by atoms with E-state index < -0.39 is 10.0 Å². The van der Waals surface area contributed by atoms with Crippen molar-refractivity contribution in [1.82, 2.24) is 10.0 Å². The molecule has 1 aromatic rings. The molecule has 1 rings (SSSR count). The Morgan fingerprint density at radius 2 is 1.78 bits per heavy atom. The van der Waals surface area contributed by atoms with E-state index in [0.717, 1.165) is 5.56 Å². The molecule has 0 radical (unpaired) electrons. The highest BCUT2D eigenvalue weighted by Gasteiger charge is 2.21. The summed E-state index contributed by atoms with van der Waals surface area (Å²) >= 11 is 0. The van der Waals surface area contributed by atoms with Crippen LogP contribution < -0.4 is 10.0 Å². The second-order valence-corrected chi connectivity index (χ2v) is 6.47. The summed E-state index contributed by atoms with van der Waals surface area (Å²) in [5.74, 6) is 0.260. The molecule has 0 aliphatic heterocycles. The van der Waals surface area contributed by atoms with Crippen molar-refractivity contribution in [3.8, 4) is 0 Å². The average molecular weight is 270 g/mol. The van der Waals surface area contributed by atoms with Crippen LogP contribution in [-0.4, -0.2) is 21.5 Å². The molecular weight excluding hydrogens is 248 g/mol. The molecule has 0 heterocycles. The maximum atomic E-state index is 12.3. The summed E-state index contributed by atoms with van der Waals surface area (Å²) in [6.45, 7) is 6.40. The van der Waals surface area contributed by atoms with Gasteiger partial charge in [-0.1, -0.05) is 32.0 Å². The molecule has 2 N–H and O–H groups in total. The van der Waals surface area contributed by atoms with Gasteiger partial charge in [-0.05, 0) is 31.5 Å². The van der Waals surface area contributed by atoms with Crippen LogP contribution in [0.2, 0.25) is 0 Å². The Morgan fingerprint density at radius 1 is 1.17 bits per heavy atom. The van der Waals surface area contributed by atoms with Crippen LogP contribution in [0.5, 0.6) is 0 Å². The molecule has 0 aliphatic rings. The molecule has 4 nitrogen and oxygen atoms in total. The Morgan fingerprint density at radius 3 is 2.33 bits per heavy atom. The SMILES string of the molecule is CNCc1ccccc1S(=O)(=O)NC(C)C(C)C. The fraction of sp³-hybridized carbons (Fsp3) is 0.538. The lowest BCUT2D eigenvalue weighted by atomic mass is 10.1. The lowest BCUT2D eigenvalue weighted by molar-refractivity contribution is 0.476. The molecule has 0 spiro atoms.